The minimum atomic E-state index is 0.131. The summed E-state index contributed by atoms with van der Waals surface area (Å²) in [5.74, 6) is 1.57. The topological polar surface area (TPSA) is 72.1 Å². The van der Waals surface area contributed by atoms with Gasteiger partial charge >= 0.3 is 0 Å². The first-order chi connectivity index (χ1) is 10.6. The molecule has 3 rings (SSSR count). The summed E-state index contributed by atoms with van der Waals surface area (Å²) in [4.78, 5) is 22.9. The highest BCUT2D eigenvalue weighted by Gasteiger charge is 2.28. The van der Waals surface area contributed by atoms with Crippen LogP contribution in [0.4, 0.5) is 0 Å². The van der Waals surface area contributed by atoms with E-state index in [-0.39, 0.29) is 11.8 Å². The molecule has 116 valence electrons. The van der Waals surface area contributed by atoms with E-state index in [1.165, 1.54) is 0 Å². The molecule has 0 aliphatic carbocycles. The van der Waals surface area contributed by atoms with Gasteiger partial charge in [0.2, 0.25) is 11.8 Å². The molecule has 2 aromatic rings. The molecule has 1 fully saturated rings. The average Bonchev–Trinajstić information content (AvgIpc) is 2.96. The van der Waals surface area contributed by atoms with Crippen LogP contribution in [0.25, 0.3) is 0 Å². The van der Waals surface area contributed by atoms with Crippen LogP contribution < -0.4 is 0 Å². The van der Waals surface area contributed by atoms with Crippen molar-refractivity contribution in [2.45, 2.75) is 39.0 Å². The third kappa shape index (κ3) is 3.32. The van der Waals surface area contributed by atoms with Crippen molar-refractivity contribution in [2.24, 2.45) is 0 Å². The lowest BCUT2D eigenvalue weighted by atomic mass is 9.97. The normalized spacial score (nSPS) is 18.5. The number of likely N-dealkylation sites (tertiary alicyclic amines) is 1. The van der Waals surface area contributed by atoms with Gasteiger partial charge in [0.25, 0.3) is 0 Å². The van der Waals surface area contributed by atoms with Gasteiger partial charge in [0.15, 0.2) is 5.82 Å². The second kappa shape index (κ2) is 6.25. The van der Waals surface area contributed by atoms with Gasteiger partial charge in [-0.15, -0.1) is 0 Å². The molecule has 1 unspecified atom stereocenters. The monoisotopic (exact) mass is 300 g/mol. The van der Waals surface area contributed by atoms with Crippen molar-refractivity contribution in [1.82, 2.24) is 20.0 Å². The number of pyridine rings is 1. The van der Waals surface area contributed by atoms with Crippen molar-refractivity contribution in [1.29, 1.82) is 0 Å². The van der Waals surface area contributed by atoms with E-state index in [1.54, 1.807) is 6.20 Å². The lowest BCUT2D eigenvalue weighted by molar-refractivity contribution is -0.131. The maximum absolute atomic E-state index is 12.5. The lowest BCUT2D eigenvalue weighted by Crippen LogP contribution is -2.40. The first-order valence-corrected chi connectivity index (χ1v) is 7.61. The predicted octanol–water partition coefficient (Wildman–Crippen LogP) is 2.03. The minimum Gasteiger partial charge on any atom is -0.342 e. The van der Waals surface area contributed by atoms with Crippen LogP contribution in [-0.4, -0.2) is 39.0 Å². The summed E-state index contributed by atoms with van der Waals surface area (Å²) in [5.41, 5.74) is 1.91. The van der Waals surface area contributed by atoms with E-state index in [1.807, 2.05) is 30.9 Å². The Balaban J connectivity index is 1.63. The Morgan fingerprint density at radius 2 is 2.27 bits per heavy atom. The number of rotatable bonds is 3. The van der Waals surface area contributed by atoms with Gasteiger partial charge in [-0.3, -0.25) is 9.78 Å². The Bertz CT molecular complexity index is 650. The third-order valence-electron chi connectivity index (χ3n) is 3.99. The van der Waals surface area contributed by atoms with Crippen molar-refractivity contribution in [2.75, 3.05) is 13.1 Å². The van der Waals surface area contributed by atoms with Crippen LogP contribution >= 0.6 is 0 Å². The predicted molar refractivity (Wildman–Crippen MR) is 80.3 cm³/mol. The molecule has 1 saturated heterocycles. The second-order valence-corrected chi connectivity index (χ2v) is 5.84. The quantitative estimate of drug-likeness (QED) is 0.867. The van der Waals surface area contributed by atoms with Crippen LogP contribution in [-0.2, 0) is 11.2 Å². The van der Waals surface area contributed by atoms with Crippen molar-refractivity contribution >= 4 is 5.91 Å². The Kier molecular flexibility index (Phi) is 4.18. The minimum absolute atomic E-state index is 0.131. The Morgan fingerprint density at radius 3 is 2.95 bits per heavy atom. The van der Waals surface area contributed by atoms with Gasteiger partial charge in [-0.2, -0.15) is 4.98 Å². The summed E-state index contributed by atoms with van der Waals surface area (Å²) in [6.07, 6.45) is 4.11. The van der Waals surface area contributed by atoms with Gasteiger partial charge in [-0.05, 0) is 38.3 Å². The first kappa shape index (κ1) is 14.7. The van der Waals surface area contributed by atoms with Gasteiger partial charge in [-0.25, -0.2) is 0 Å². The number of carbonyl (C=O) groups excluding carboxylic acids is 1. The van der Waals surface area contributed by atoms with Gasteiger partial charge < -0.3 is 9.42 Å². The van der Waals surface area contributed by atoms with E-state index in [4.69, 9.17) is 4.52 Å². The first-order valence-electron chi connectivity index (χ1n) is 7.61. The van der Waals surface area contributed by atoms with Gasteiger partial charge in [0.1, 0.15) is 0 Å². The number of amides is 1. The smallest absolute Gasteiger partial charge is 0.231 e. The molecule has 6 nitrogen and oxygen atoms in total. The number of hydrogen-bond donors (Lipinski definition) is 0. The summed E-state index contributed by atoms with van der Waals surface area (Å²) >= 11 is 0. The fraction of sp³-hybridized carbons (Fsp3) is 0.500. The molecule has 0 spiro atoms. The summed E-state index contributed by atoms with van der Waals surface area (Å²) in [7, 11) is 0. The number of hydrogen-bond acceptors (Lipinski definition) is 5. The molecule has 0 bridgehead atoms. The standard InChI is InChI=1S/C16H20N4O2/c1-11-5-6-13(9-17-11)8-15(21)20-7-3-4-14(10-20)16-18-12(2)19-22-16/h5-6,9,14H,3-4,7-8,10H2,1-2H3. The Labute approximate surface area is 129 Å². The highest BCUT2D eigenvalue weighted by molar-refractivity contribution is 5.78. The molecule has 1 aliphatic heterocycles. The van der Waals surface area contributed by atoms with Crippen LogP contribution in [0, 0.1) is 13.8 Å². The van der Waals surface area contributed by atoms with Crippen molar-refractivity contribution in [3.05, 3.63) is 41.3 Å². The van der Waals surface area contributed by atoms with Crippen LogP contribution in [0.3, 0.4) is 0 Å². The number of aryl methyl sites for hydroxylation is 2. The maximum atomic E-state index is 12.5. The zero-order valence-electron chi connectivity index (χ0n) is 13.0. The molecule has 0 N–H and O–H groups in total. The molecule has 1 aliphatic rings. The summed E-state index contributed by atoms with van der Waals surface area (Å²) in [5, 5.41) is 3.84. The van der Waals surface area contributed by atoms with E-state index in [0.29, 0.717) is 24.7 Å². The number of piperidine rings is 1. The maximum Gasteiger partial charge on any atom is 0.231 e. The molecular weight excluding hydrogens is 280 g/mol. The van der Waals surface area contributed by atoms with E-state index in [9.17, 15) is 4.79 Å². The molecule has 1 atom stereocenters. The molecule has 6 heteroatoms. The molecule has 3 heterocycles. The van der Waals surface area contributed by atoms with E-state index in [2.05, 4.69) is 15.1 Å². The molecule has 2 aromatic heterocycles. The lowest BCUT2D eigenvalue weighted by Gasteiger charge is -2.31. The molecule has 0 saturated carbocycles. The van der Waals surface area contributed by atoms with Crippen LogP contribution in [0.15, 0.2) is 22.9 Å². The average molecular weight is 300 g/mol. The van der Waals surface area contributed by atoms with E-state index < -0.39 is 0 Å². The Morgan fingerprint density at radius 1 is 1.41 bits per heavy atom. The zero-order valence-corrected chi connectivity index (χ0v) is 13.0. The largest absolute Gasteiger partial charge is 0.342 e. The number of aromatic nitrogens is 3. The molecule has 22 heavy (non-hydrogen) atoms. The van der Waals surface area contributed by atoms with Crippen LogP contribution in [0.5, 0.6) is 0 Å². The van der Waals surface area contributed by atoms with Crippen molar-refractivity contribution in [3.8, 4) is 0 Å². The zero-order chi connectivity index (χ0) is 15.5. The van der Waals surface area contributed by atoms with Gasteiger partial charge in [0, 0.05) is 25.0 Å². The van der Waals surface area contributed by atoms with Crippen LogP contribution in [0.2, 0.25) is 0 Å². The SMILES string of the molecule is Cc1ccc(CC(=O)N2CCCC(c3nc(C)no3)C2)cn1. The molecule has 1 amide bonds. The van der Waals surface area contributed by atoms with Gasteiger partial charge in [-0.1, -0.05) is 11.2 Å². The molecular formula is C16H20N4O2. The highest BCUT2D eigenvalue weighted by Crippen LogP contribution is 2.26. The second-order valence-electron chi connectivity index (χ2n) is 5.84. The Hall–Kier alpha value is -2.24. The number of carbonyl (C=O) groups is 1. The van der Waals surface area contributed by atoms with Crippen molar-refractivity contribution in [3.63, 3.8) is 0 Å². The van der Waals surface area contributed by atoms with Gasteiger partial charge in [0.05, 0.1) is 12.3 Å². The summed E-state index contributed by atoms with van der Waals surface area (Å²) in [6, 6.07) is 3.89. The summed E-state index contributed by atoms with van der Waals surface area (Å²) in [6.45, 7) is 5.19. The highest BCUT2D eigenvalue weighted by atomic mass is 16.5. The van der Waals surface area contributed by atoms with Crippen LogP contribution in [0.1, 0.15) is 41.7 Å². The number of nitrogens with zero attached hydrogens (tertiary/aromatic N) is 4. The fourth-order valence-corrected chi connectivity index (χ4v) is 2.77. The molecule has 0 aromatic carbocycles. The fourth-order valence-electron chi connectivity index (χ4n) is 2.77. The molecule has 0 radical (unpaired) electrons. The van der Waals surface area contributed by atoms with E-state index >= 15 is 0 Å². The summed E-state index contributed by atoms with van der Waals surface area (Å²) < 4.78 is 5.25. The van der Waals surface area contributed by atoms with Crippen molar-refractivity contribution < 1.29 is 9.32 Å². The van der Waals surface area contributed by atoms with E-state index in [0.717, 1.165) is 30.6 Å². The third-order valence-corrected chi connectivity index (χ3v) is 3.99.